The minimum absolute atomic E-state index is 0.813. The van der Waals surface area contributed by atoms with Crippen LogP contribution in [0.25, 0.3) is 265 Å². The van der Waals surface area contributed by atoms with Crippen LogP contribution in [-0.2, 0) is 0 Å². The molecule has 0 radical (unpaired) electrons. The Bertz CT molecular complexity index is 8870. The Balaban J connectivity index is 0.000000144. The lowest BCUT2D eigenvalue weighted by Gasteiger charge is -2.15. The summed E-state index contributed by atoms with van der Waals surface area (Å²) in [6, 6.07) is 172. The largest absolute Gasteiger partial charge is 0.463 e. The van der Waals surface area contributed by atoms with E-state index in [4.69, 9.17) is 17.7 Å². The molecule has 4 heterocycles. The van der Waals surface area contributed by atoms with Gasteiger partial charge in [0.1, 0.15) is 39.6 Å². The van der Waals surface area contributed by atoms with Gasteiger partial charge in [-0.1, -0.05) is 443 Å². The molecule has 0 aliphatic carbocycles. The van der Waals surface area contributed by atoms with Crippen LogP contribution in [0.2, 0.25) is 0 Å². The van der Waals surface area contributed by atoms with Crippen molar-refractivity contribution in [2.75, 3.05) is 0 Å². The van der Waals surface area contributed by atoms with Gasteiger partial charge in [0.25, 0.3) is 0 Å². The van der Waals surface area contributed by atoms with E-state index in [9.17, 15) is 0 Å². The Labute approximate surface area is 762 Å². The molecule has 0 saturated heterocycles. The number of furan rings is 4. The molecule has 0 aliphatic heterocycles. The molecule has 616 valence electrons. The van der Waals surface area contributed by atoms with Crippen molar-refractivity contribution in [3.63, 3.8) is 0 Å². The van der Waals surface area contributed by atoms with E-state index in [1.165, 1.54) is 65.3 Å². The van der Waals surface area contributed by atoms with E-state index in [0.717, 1.165) is 200 Å². The van der Waals surface area contributed by atoms with Crippen LogP contribution >= 0.6 is 0 Å². The first-order valence-corrected chi connectivity index (χ1v) is 45.1. The molecule has 4 nitrogen and oxygen atoms in total. The first-order chi connectivity index (χ1) is 65.5. The minimum atomic E-state index is 0.813. The molecule has 4 heteroatoms. The summed E-state index contributed by atoms with van der Waals surface area (Å²) in [5.74, 6) is 2.50. The summed E-state index contributed by atoms with van der Waals surface area (Å²) in [6.45, 7) is 0. The Morgan fingerprint density at radius 1 is 0.129 bits per heavy atom. The molecule has 26 aromatic rings. The molecule has 0 aliphatic rings. The monoisotopic (exact) mass is 1680 g/mol. The average molecular weight is 1680 g/mol. The van der Waals surface area contributed by atoms with E-state index in [-0.39, 0.29) is 0 Å². The normalized spacial score (nSPS) is 11.6. The van der Waals surface area contributed by atoms with Gasteiger partial charge in [-0.25, -0.2) is 0 Å². The molecule has 0 bridgehead atoms. The van der Waals surface area contributed by atoms with E-state index in [1.54, 1.807) is 0 Å². The Kier molecular flexibility index (Phi) is 18.9. The van der Waals surface area contributed by atoms with Crippen LogP contribution in [-0.4, -0.2) is 0 Å². The molecule has 0 unspecified atom stereocenters. The van der Waals surface area contributed by atoms with Gasteiger partial charge in [0.2, 0.25) is 0 Å². The lowest BCUT2D eigenvalue weighted by molar-refractivity contribution is 0.620. The highest BCUT2D eigenvalue weighted by atomic mass is 16.3. The zero-order valence-corrected chi connectivity index (χ0v) is 71.8. The van der Waals surface area contributed by atoms with Gasteiger partial charge >= 0.3 is 0 Å². The fraction of sp³-hybridized carbons (Fsp3) is 0. The first kappa shape index (κ1) is 76.9. The number of fused-ring (bicyclic) bond motifs is 14. The molecule has 22 aromatic carbocycles. The van der Waals surface area contributed by atoms with Crippen LogP contribution in [0, 0.1) is 0 Å². The van der Waals surface area contributed by atoms with Gasteiger partial charge in [-0.2, -0.15) is 0 Å². The highest BCUT2D eigenvalue weighted by Crippen LogP contribution is 2.56. The maximum absolute atomic E-state index is 7.47. The predicted octanol–water partition coefficient (Wildman–Crippen LogP) is 36.6. The third-order valence-electron chi connectivity index (χ3n) is 26.6. The zero-order chi connectivity index (χ0) is 87.1. The highest BCUT2D eigenvalue weighted by molar-refractivity contribution is 6.31. The van der Waals surface area contributed by atoms with Crippen molar-refractivity contribution in [2.45, 2.75) is 0 Å². The van der Waals surface area contributed by atoms with Crippen LogP contribution in [0.15, 0.2) is 503 Å². The van der Waals surface area contributed by atoms with E-state index < -0.39 is 0 Å². The molecular weight excluding hydrogens is 1600 g/mol. The van der Waals surface area contributed by atoms with Crippen molar-refractivity contribution in [1.29, 1.82) is 0 Å². The SMILES string of the molecule is c1ccc(-c2oc3c(cc(-c4ccc(-c5cccc6ccccc56)cc4)c4c5oc(-c6ccccc6)c(-c6ccccc6)c5cc(-c5ccc(-c6ccc7ccccc7c6)cc5)c34)c2-c2ccccc2)cc1.c1ccc(-c2oc3c(cc(-c4ccc5ccccc5c4)c4c5occ(-c6ccccc6)c5cc(-c5ccc(-c6cccc7ccccc67)cc5)c34)c2-c2ccccc2)cc1. The van der Waals surface area contributed by atoms with E-state index in [1.807, 2.05) is 6.26 Å². The molecule has 26 rings (SSSR count). The topological polar surface area (TPSA) is 52.6 Å². The maximum atomic E-state index is 7.47. The van der Waals surface area contributed by atoms with Crippen LogP contribution in [0.1, 0.15) is 0 Å². The fourth-order valence-electron chi connectivity index (χ4n) is 20.3. The number of hydrogen-bond acceptors (Lipinski definition) is 4. The summed E-state index contributed by atoms with van der Waals surface area (Å²) in [5, 5.41) is 18.0. The second-order valence-electron chi connectivity index (χ2n) is 34.2. The minimum Gasteiger partial charge on any atom is -0.463 e. The second kappa shape index (κ2) is 32.5. The van der Waals surface area contributed by atoms with Gasteiger partial charge in [0.15, 0.2) is 0 Å². The first-order valence-electron chi connectivity index (χ1n) is 45.1. The quantitative estimate of drug-likeness (QED) is 0.109. The fourth-order valence-corrected chi connectivity index (χ4v) is 20.3. The molecule has 0 saturated carbocycles. The highest BCUT2D eigenvalue weighted by Gasteiger charge is 2.32. The molecule has 0 fully saturated rings. The zero-order valence-electron chi connectivity index (χ0n) is 71.8. The smallest absolute Gasteiger partial charge is 0.144 e. The number of rotatable bonds is 14. The Morgan fingerprint density at radius 2 is 0.386 bits per heavy atom. The molecule has 0 N–H and O–H groups in total. The predicted molar refractivity (Wildman–Crippen MR) is 553 cm³/mol. The van der Waals surface area contributed by atoms with Crippen molar-refractivity contribution in [3.8, 4) is 156 Å². The Hall–Kier alpha value is -17.4. The van der Waals surface area contributed by atoms with E-state index in [2.05, 4.69) is 479 Å². The number of benzene rings is 22. The summed E-state index contributed by atoms with van der Waals surface area (Å²) < 4.78 is 29.0. The maximum Gasteiger partial charge on any atom is 0.144 e. The third-order valence-corrected chi connectivity index (χ3v) is 26.6. The molecule has 132 heavy (non-hydrogen) atoms. The lowest BCUT2D eigenvalue weighted by Crippen LogP contribution is -1.90. The van der Waals surface area contributed by atoms with Crippen molar-refractivity contribution in [1.82, 2.24) is 0 Å². The standard InChI is InChI=1S/C70H44O2.C58H36O2/c1-5-20-51(21-6-1)63-61-43-59(49-35-32-46(33-36-49)56-41-34-45-18-13-14-28-55(45)42-56)65-66(70(61)72-67(63)53-24-9-3-10-25-53)60(50-39-37-48(38-40-50)58-31-17-29-47-19-15-16-30-57(47)58)44-62-64(52-22-7-2-8-23-52)68(71-69(62)65)54-26-11-4-12-27-54;1-4-16-39(17-5-1)52-36-59-57-50(52)34-48(41-30-28-40(29-31-41)47-26-14-24-38-18-12-13-25-46(38)47)55-54(57)49(45-32-27-37-15-10-11-23-44(37)33-45)35-51-53(42-19-6-2-7-20-42)56(60-58(51)55)43-21-8-3-9-22-43/h1-44H;1-36H. The summed E-state index contributed by atoms with van der Waals surface area (Å²) >= 11 is 0. The van der Waals surface area contributed by atoms with Gasteiger partial charge in [-0.3, -0.25) is 0 Å². The van der Waals surface area contributed by atoms with Crippen molar-refractivity contribution in [3.05, 3.63) is 486 Å². The molecule has 0 spiro atoms. The van der Waals surface area contributed by atoms with Crippen molar-refractivity contribution in [2.24, 2.45) is 0 Å². The van der Waals surface area contributed by atoms with Gasteiger partial charge < -0.3 is 17.7 Å². The van der Waals surface area contributed by atoms with Gasteiger partial charge in [0, 0.05) is 82.0 Å². The Morgan fingerprint density at radius 3 is 0.765 bits per heavy atom. The average Bonchev–Trinajstić information content (AvgIpc) is 1.53. The molecule has 0 atom stereocenters. The summed E-state index contributed by atoms with van der Waals surface area (Å²) in [6.07, 6.45) is 1.92. The summed E-state index contributed by atoms with van der Waals surface area (Å²) in [7, 11) is 0. The van der Waals surface area contributed by atoms with E-state index in [0.29, 0.717) is 0 Å². The van der Waals surface area contributed by atoms with Crippen LogP contribution in [0.3, 0.4) is 0 Å². The van der Waals surface area contributed by atoms with Gasteiger partial charge in [-0.05, 0) is 180 Å². The molecular formula is C128H80O4. The second-order valence-corrected chi connectivity index (χ2v) is 34.2. The van der Waals surface area contributed by atoms with Gasteiger partial charge in [0.05, 0.1) is 6.26 Å². The van der Waals surface area contributed by atoms with Crippen LogP contribution in [0.5, 0.6) is 0 Å². The van der Waals surface area contributed by atoms with Crippen molar-refractivity contribution >= 4 is 109 Å². The lowest BCUT2D eigenvalue weighted by atomic mass is 9.86. The van der Waals surface area contributed by atoms with E-state index >= 15 is 0 Å². The number of hydrogen-bond donors (Lipinski definition) is 0. The van der Waals surface area contributed by atoms with Crippen molar-refractivity contribution < 1.29 is 17.7 Å². The summed E-state index contributed by atoms with van der Waals surface area (Å²) in [5.41, 5.74) is 30.7. The van der Waals surface area contributed by atoms with Crippen LogP contribution < -0.4 is 0 Å². The summed E-state index contributed by atoms with van der Waals surface area (Å²) in [4.78, 5) is 0. The van der Waals surface area contributed by atoms with Gasteiger partial charge in [-0.15, -0.1) is 0 Å². The molecule has 4 aromatic heterocycles. The third kappa shape index (κ3) is 13.4. The van der Waals surface area contributed by atoms with Crippen LogP contribution in [0.4, 0.5) is 0 Å². The molecule has 0 amide bonds.